The van der Waals surface area contributed by atoms with Crippen molar-refractivity contribution in [1.82, 2.24) is 9.88 Å². The number of carbonyl (C=O) groups excluding carboxylic acids is 2. The SMILES string of the molecule is CN(CC(=O)Nc1ccc(Cl)c(Cl)c1)C(=O)Nc1ccccn1. The number of halogens is 2. The second-order valence-electron chi connectivity index (χ2n) is 4.68. The van der Waals surface area contributed by atoms with Gasteiger partial charge in [0.25, 0.3) is 0 Å². The summed E-state index contributed by atoms with van der Waals surface area (Å²) in [6.45, 7) is -0.126. The highest BCUT2D eigenvalue weighted by Gasteiger charge is 2.13. The molecule has 8 heteroatoms. The molecule has 23 heavy (non-hydrogen) atoms. The molecule has 0 spiro atoms. The molecule has 2 N–H and O–H groups in total. The molecule has 120 valence electrons. The van der Waals surface area contributed by atoms with Crippen molar-refractivity contribution >= 4 is 46.6 Å². The molecular formula is C15H14Cl2N4O2. The van der Waals surface area contributed by atoms with E-state index in [9.17, 15) is 9.59 Å². The fourth-order valence-corrected chi connectivity index (χ4v) is 2.00. The first-order valence-electron chi connectivity index (χ1n) is 6.64. The fraction of sp³-hybridized carbons (Fsp3) is 0.133. The number of pyridine rings is 1. The van der Waals surface area contributed by atoms with E-state index in [1.54, 1.807) is 36.5 Å². The first kappa shape index (κ1) is 17.1. The predicted octanol–water partition coefficient (Wildman–Crippen LogP) is 3.49. The molecule has 0 aliphatic heterocycles. The number of amides is 3. The Bertz CT molecular complexity index is 710. The molecule has 0 bridgehead atoms. The average Bonchev–Trinajstić information content (AvgIpc) is 2.51. The number of rotatable bonds is 4. The van der Waals surface area contributed by atoms with Gasteiger partial charge in [-0.1, -0.05) is 29.3 Å². The predicted molar refractivity (Wildman–Crippen MR) is 91.0 cm³/mol. The molecule has 2 aromatic rings. The van der Waals surface area contributed by atoms with E-state index in [0.717, 1.165) is 0 Å². The number of hydrogen-bond donors (Lipinski definition) is 2. The van der Waals surface area contributed by atoms with Crippen molar-refractivity contribution in [3.05, 3.63) is 52.6 Å². The van der Waals surface area contributed by atoms with Gasteiger partial charge in [0.05, 0.1) is 10.0 Å². The summed E-state index contributed by atoms with van der Waals surface area (Å²) in [5.41, 5.74) is 0.503. The number of anilines is 2. The number of carbonyl (C=O) groups is 2. The summed E-state index contributed by atoms with van der Waals surface area (Å²) < 4.78 is 0. The van der Waals surface area contributed by atoms with E-state index in [0.29, 0.717) is 21.6 Å². The molecule has 0 radical (unpaired) electrons. The van der Waals surface area contributed by atoms with Crippen molar-refractivity contribution < 1.29 is 9.59 Å². The van der Waals surface area contributed by atoms with Gasteiger partial charge in [0.15, 0.2) is 0 Å². The third-order valence-electron chi connectivity index (χ3n) is 2.83. The lowest BCUT2D eigenvalue weighted by molar-refractivity contribution is -0.116. The highest BCUT2D eigenvalue weighted by Crippen LogP contribution is 2.24. The maximum atomic E-state index is 12.0. The minimum Gasteiger partial charge on any atom is -0.324 e. The first-order chi connectivity index (χ1) is 11.0. The normalized spacial score (nSPS) is 10.0. The van der Waals surface area contributed by atoms with Gasteiger partial charge in [-0.15, -0.1) is 0 Å². The van der Waals surface area contributed by atoms with Crippen LogP contribution in [-0.2, 0) is 4.79 Å². The summed E-state index contributed by atoms with van der Waals surface area (Å²) in [7, 11) is 1.51. The van der Waals surface area contributed by atoms with Gasteiger partial charge in [0.2, 0.25) is 5.91 Å². The first-order valence-corrected chi connectivity index (χ1v) is 7.39. The van der Waals surface area contributed by atoms with E-state index in [-0.39, 0.29) is 12.5 Å². The Balaban J connectivity index is 1.88. The van der Waals surface area contributed by atoms with Gasteiger partial charge < -0.3 is 10.2 Å². The van der Waals surface area contributed by atoms with Crippen LogP contribution in [0.25, 0.3) is 0 Å². The minimum atomic E-state index is -0.437. The zero-order chi connectivity index (χ0) is 16.8. The van der Waals surface area contributed by atoms with Crippen LogP contribution in [0.3, 0.4) is 0 Å². The Morgan fingerprint density at radius 3 is 2.57 bits per heavy atom. The van der Waals surface area contributed by atoms with Gasteiger partial charge in [-0.25, -0.2) is 9.78 Å². The topological polar surface area (TPSA) is 74.3 Å². The van der Waals surface area contributed by atoms with Crippen LogP contribution in [0, 0.1) is 0 Å². The Morgan fingerprint density at radius 1 is 1.13 bits per heavy atom. The molecule has 0 saturated carbocycles. The molecule has 0 atom stereocenters. The molecule has 0 fully saturated rings. The van der Waals surface area contributed by atoms with Crippen molar-refractivity contribution in [3.63, 3.8) is 0 Å². The molecule has 3 amide bonds. The highest BCUT2D eigenvalue weighted by molar-refractivity contribution is 6.42. The molecular weight excluding hydrogens is 339 g/mol. The lowest BCUT2D eigenvalue weighted by Gasteiger charge is -2.17. The molecule has 6 nitrogen and oxygen atoms in total. The quantitative estimate of drug-likeness (QED) is 0.884. The van der Waals surface area contributed by atoms with E-state index in [1.165, 1.54) is 18.0 Å². The molecule has 1 heterocycles. The van der Waals surface area contributed by atoms with Crippen molar-refractivity contribution in [2.45, 2.75) is 0 Å². The van der Waals surface area contributed by atoms with E-state index in [1.807, 2.05) is 0 Å². The Kier molecular flexibility index (Phi) is 5.78. The zero-order valence-electron chi connectivity index (χ0n) is 12.2. The largest absolute Gasteiger partial charge is 0.324 e. The smallest absolute Gasteiger partial charge is 0.323 e. The van der Waals surface area contributed by atoms with Gasteiger partial charge >= 0.3 is 6.03 Å². The lowest BCUT2D eigenvalue weighted by Crippen LogP contribution is -2.37. The number of nitrogens with one attached hydrogen (secondary N) is 2. The summed E-state index contributed by atoms with van der Waals surface area (Å²) in [5.74, 6) is 0.0521. The Labute approximate surface area is 143 Å². The van der Waals surface area contributed by atoms with E-state index < -0.39 is 6.03 Å². The van der Waals surface area contributed by atoms with Crippen LogP contribution in [-0.4, -0.2) is 35.4 Å². The van der Waals surface area contributed by atoms with Crippen LogP contribution in [0.4, 0.5) is 16.3 Å². The summed E-state index contributed by atoms with van der Waals surface area (Å²) in [6.07, 6.45) is 1.56. The minimum absolute atomic E-state index is 0.126. The van der Waals surface area contributed by atoms with Gasteiger partial charge in [-0.2, -0.15) is 0 Å². The zero-order valence-corrected chi connectivity index (χ0v) is 13.7. The van der Waals surface area contributed by atoms with Crippen LogP contribution < -0.4 is 10.6 Å². The van der Waals surface area contributed by atoms with Gasteiger partial charge in [0, 0.05) is 18.9 Å². The third kappa shape index (κ3) is 5.12. The van der Waals surface area contributed by atoms with Crippen LogP contribution in [0.1, 0.15) is 0 Å². The summed E-state index contributed by atoms with van der Waals surface area (Å²) >= 11 is 11.7. The molecule has 1 aromatic heterocycles. The number of benzene rings is 1. The molecule has 0 unspecified atom stereocenters. The summed E-state index contributed by atoms with van der Waals surface area (Å²) in [6, 6.07) is 9.45. The Morgan fingerprint density at radius 2 is 1.91 bits per heavy atom. The number of aromatic nitrogens is 1. The van der Waals surface area contributed by atoms with Gasteiger partial charge in [-0.05, 0) is 30.3 Å². The van der Waals surface area contributed by atoms with Gasteiger partial charge in [0.1, 0.15) is 12.4 Å². The van der Waals surface area contributed by atoms with Crippen LogP contribution in [0.5, 0.6) is 0 Å². The molecule has 1 aromatic carbocycles. The summed E-state index contributed by atoms with van der Waals surface area (Å²) in [4.78, 5) is 29.1. The number of likely N-dealkylation sites (N-methyl/N-ethyl adjacent to an activating group) is 1. The monoisotopic (exact) mass is 352 g/mol. The second-order valence-corrected chi connectivity index (χ2v) is 5.49. The molecule has 0 aliphatic rings. The third-order valence-corrected chi connectivity index (χ3v) is 3.57. The molecule has 0 aliphatic carbocycles. The van der Waals surface area contributed by atoms with Crippen molar-refractivity contribution in [3.8, 4) is 0 Å². The van der Waals surface area contributed by atoms with Crippen molar-refractivity contribution in [2.75, 3.05) is 24.2 Å². The number of nitrogens with zero attached hydrogens (tertiary/aromatic N) is 2. The highest BCUT2D eigenvalue weighted by atomic mass is 35.5. The number of urea groups is 1. The Hall–Kier alpha value is -2.31. The molecule has 2 rings (SSSR count). The lowest BCUT2D eigenvalue weighted by atomic mass is 10.3. The fourth-order valence-electron chi connectivity index (χ4n) is 1.70. The average molecular weight is 353 g/mol. The van der Waals surface area contributed by atoms with Crippen LogP contribution in [0.15, 0.2) is 42.6 Å². The maximum absolute atomic E-state index is 12.0. The van der Waals surface area contributed by atoms with E-state index in [4.69, 9.17) is 23.2 Å². The van der Waals surface area contributed by atoms with Crippen molar-refractivity contribution in [1.29, 1.82) is 0 Å². The van der Waals surface area contributed by atoms with Crippen LogP contribution >= 0.6 is 23.2 Å². The second kappa shape index (κ2) is 7.80. The summed E-state index contributed by atoms with van der Waals surface area (Å²) in [5, 5.41) is 5.96. The van der Waals surface area contributed by atoms with E-state index >= 15 is 0 Å². The standard InChI is InChI=1S/C15H14Cl2N4O2/c1-21(15(23)20-13-4-2-3-7-18-13)9-14(22)19-10-5-6-11(16)12(17)8-10/h2-8H,9H2,1H3,(H,19,22)(H,18,20,23). The van der Waals surface area contributed by atoms with E-state index in [2.05, 4.69) is 15.6 Å². The van der Waals surface area contributed by atoms with Crippen molar-refractivity contribution in [2.24, 2.45) is 0 Å². The number of hydrogen-bond acceptors (Lipinski definition) is 3. The van der Waals surface area contributed by atoms with Crippen LogP contribution in [0.2, 0.25) is 10.0 Å². The molecule has 0 saturated heterocycles. The maximum Gasteiger partial charge on any atom is 0.323 e. The van der Waals surface area contributed by atoms with Gasteiger partial charge in [-0.3, -0.25) is 10.1 Å².